The van der Waals surface area contributed by atoms with E-state index in [0.717, 1.165) is 22.9 Å². The third-order valence-electron chi connectivity index (χ3n) is 2.85. The highest BCUT2D eigenvalue weighted by Gasteiger charge is 2.16. The molecule has 3 rings (SSSR count). The maximum absolute atomic E-state index is 5.53. The summed E-state index contributed by atoms with van der Waals surface area (Å²) in [4.78, 5) is 4.47. The van der Waals surface area contributed by atoms with E-state index >= 15 is 0 Å². The topological polar surface area (TPSA) is 75.2 Å². The van der Waals surface area contributed by atoms with Crippen molar-refractivity contribution in [3.8, 4) is 22.9 Å². The standard InChI is InChI=1S/C12H14N4O2/c1-16-11(4-5-13)14-12(15-16)8-2-3-9-10(6-8)18-7-17-9/h2-3,6H,4-5,7,13H2,1H3. The molecule has 0 aliphatic carbocycles. The van der Waals surface area contributed by atoms with Crippen LogP contribution in [0.1, 0.15) is 5.82 Å². The lowest BCUT2D eigenvalue weighted by Crippen LogP contribution is -2.08. The van der Waals surface area contributed by atoms with Crippen molar-refractivity contribution in [1.82, 2.24) is 14.8 Å². The van der Waals surface area contributed by atoms with Gasteiger partial charge in [-0.1, -0.05) is 0 Å². The summed E-state index contributed by atoms with van der Waals surface area (Å²) < 4.78 is 12.4. The van der Waals surface area contributed by atoms with Gasteiger partial charge < -0.3 is 15.2 Å². The highest BCUT2D eigenvalue weighted by atomic mass is 16.7. The van der Waals surface area contributed by atoms with Gasteiger partial charge in [-0.2, -0.15) is 5.10 Å². The summed E-state index contributed by atoms with van der Waals surface area (Å²) in [5.41, 5.74) is 6.45. The van der Waals surface area contributed by atoms with E-state index in [2.05, 4.69) is 10.1 Å². The first-order chi connectivity index (χ1) is 8.78. The second-order valence-corrected chi connectivity index (χ2v) is 4.08. The van der Waals surface area contributed by atoms with Crippen LogP contribution in [-0.4, -0.2) is 28.1 Å². The van der Waals surface area contributed by atoms with Gasteiger partial charge in [-0.3, -0.25) is 4.68 Å². The third-order valence-corrected chi connectivity index (χ3v) is 2.85. The number of rotatable bonds is 3. The summed E-state index contributed by atoms with van der Waals surface area (Å²) >= 11 is 0. The molecule has 0 spiro atoms. The molecule has 2 aromatic rings. The molecule has 0 bridgehead atoms. The minimum atomic E-state index is 0.271. The molecular formula is C12H14N4O2. The minimum absolute atomic E-state index is 0.271. The van der Waals surface area contributed by atoms with Gasteiger partial charge in [0.2, 0.25) is 6.79 Å². The molecule has 2 heterocycles. The molecule has 0 saturated carbocycles. The van der Waals surface area contributed by atoms with E-state index in [4.69, 9.17) is 15.2 Å². The summed E-state index contributed by atoms with van der Waals surface area (Å²) in [5, 5.41) is 4.38. The molecule has 1 aromatic carbocycles. The fourth-order valence-corrected chi connectivity index (χ4v) is 1.92. The fourth-order valence-electron chi connectivity index (χ4n) is 1.92. The quantitative estimate of drug-likeness (QED) is 0.863. The molecule has 2 N–H and O–H groups in total. The zero-order valence-electron chi connectivity index (χ0n) is 10.1. The van der Waals surface area contributed by atoms with E-state index in [1.54, 1.807) is 4.68 Å². The summed E-state index contributed by atoms with van der Waals surface area (Å²) in [5.74, 6) is 3.06. The van der Waals surface area contributed by atoms with Crippen LogP contribution in [0.4, 0.5) is 0 Å². The van der Waals surface area contributed by atoms with E-state index in [1.807, 2.05) is 25.2 Å². The van der Waals surface area contributed by atoms with Crippen molar-refractivity contribution >= 4 is 0 Å². The highest BCUT2D eigenvalue weighted by molar-refractivity contribution is 5.61. The molecule has 0 fully saturated rings. The van der Waals surface area contributed by atoms with Crippen LogP contribution in [0, 0.1) is 0 Å². The molecule has 6 heteroatoms. The minimum Gasteiger partial charge on any atom is -0.454 e. The van der Waals surface area contributed by atoms with Gasteiger partial charge in [0.15, 0.2) is 17.3 Å². The second kappa shape index (κ2) is 4.30. The largest absolute Gasteiger partial charge is 0.454 e. The van der Waals surface area contributed by atoms with Crippen molar-refractivity contribution in [2.45, 2.75) is 6.42 Å². The van der Waals surface area contributed by atoms with Gasteiger partial charge >= 0.3 is 0 Å². The molecule has 1 aliphatic heterocycles. The predicted molar refractivity (Wildman–Crippen MR) is 65.3 cm³/mol. The SMILES string of the molecule is Cn1nc(-c2ccc3c(c2)OCO3)nc1CCN. The normalized spacial score (nSPS) is 13.0. The van der Waals surface area contributed by atoms with Crippen LogP contribution in [0.25, 0.3) is 11.4 Å². The van der Waals surface area contributed by atoms with Gasteiger partial charge in [-0.05, 0) is 24.7 Å². The van der Waals surface area contributed by atoms with Crippen molar-refractivity contribution in [2.75, 3.05) is 13.3 Å². The van der Waals surface area contributed by atoms with Crippen LogP contribution in [0.5, 0.6) is 11.5 Å². The van der Waals surface area contributed by atoms with Gasteiger partial charge in [0.1, 0.15) is 5.82 Å². The molecule has 0 atom stereocenters. The lowest BCUT2D eigenvalue weighted by atomic mass is 10.2. The van der Waals surface area contributed by atoms with Gasteiger partial charge in [0.05, 0.1) is 0 Å². The summed E-state index contributed by atoms with van der Waals surface area (Å²) in [6.45, 7) is 0.833. The van der Waals surface area contributed by atoms with Gasteiger partial charge in [-0.15, -0.1) is 0 Å². The Morgan fingerprint density at radius 2 is 2.17 bits per heavy atom. The van der Waals surface area contributed by atoms with Crippen LogP contribution in [-0.2, 0) is 13.5 Å². The molecule has 1 aliphatic rings. The Balaban J connectivity index is 1.97. The van der Waals surface area contributed by atoms with Crippen LogP contribution in [0.3, 0.4) is 0 Å². The van der Waals surface area contributed by atoms with Crippen LogP contribution < -0.4 is 15.2 Å². The molecule has 1 aromatic heterocycles. The third kappa shape index (κ3) is 1.80. The van der Waals surface area contributed by atoms with Crippen LogP contribution in [0.15, 0.2) is 18.2 Å². The number of aromatic nitrogens is 3. The number of benzene rings is 1. The molecule has 94 valence electrons. The Morgan fingerprint density at radius 1 is 1.33 bits per heavy atom. The first-order valence-electron chi connectivity index (χ1n) is 5.78. The number of nitrogens with two attached hydrogens (primary N) is 1. The van der Waals surface area contributed by atoms with Crippen molar-refractivity contribution in [2.24, 2.45) is 12.8 Å². The van der Waals surface area contributed by atoms with Crippen LogP contribution >= 0.6 is 0 Å². The number of nitrogens with zero attached hydrogens (tertiary/aromatic N) is 3. The maximum Gasteiger partial charge on any atom is 0.231 e. The van der Waals surface area contributed by atoms with Crippen molar-refractivity contribution < 1.29 is 9.47 Å². The molecule has 0 saturated heterocycles. The van der Waals surface area contributed by atoms with E-state index < -0.39 is 0 Å². The van der Waals surface area contributed by atoms with Gasteiger partial charge in [-0.25, -0.2) is 4.98 Å². The van der Waals surface area contributed by atoms with Crippen LogP contribution in [0.2, 0.25) is 0 Å². The highest BCUT2D eigenvalue weighted by Crippen LogP contribution is 2.34. The number of ether oxygens (including phenoxy) is 2. The van der Waals surface area contributed by atoms with E-state index in [1.165, 1.54) is 0 Å². The monoisotopic (exact) mass is 246 g/mol. The zero-order valence-corrected chi connectivity index (χ0v) is 10.1. The van der Waals surface area contributed by atoms with Crippen molar-refractivity contribution in [3.63, 3.8) is 0 Å². The molecule has 6 nitrogen and oxygen atoms in total. The lowest BCUT2D eigenvalue weighted by molar-refractivity contribution is 0.174. The second-order valence-electron chi connectivity index (χ2n) is 4.08. The smallest absolute Gasteiger partial charge is 0.231 e. The first kappa shape index (κ1) is 11.0. The summed E-state index contributed by atoms with van der Waals surface area (Å²) in [6, 6.07) is 5.69. The summed E-state index contributed by atoms with van der Waals surface area (Å²) in [6.07, 6.45) is 0.716. The molecular weight excluding hydrogens is 232 g/mol. The summed E-state index contributed by atoms with van der Waals surface area (Å²) in [7, 11) is 1.87. The zero-order chi connectivity index (χ0) is 12.5. The molecule has 0 radical (unpaired) electrons. The maximum atomic E-state index is 5.53. The average Bonchev–Trinajstić information content (AvgIpc) is 2.96. The number of hydrogen-bond acceptors (Lipinski definition) is 5. The Kier molecular flexibility index (Phi) is 2.64. The molecule has 0 unspecified atom stereocenters. The van der Waals surface area contributed by atoms with Gasteiger partial charge in [0, 0.05) is 19.0 Å². The Bertz CT molecular complexity index is 579. The number of hydrogen-bond donors (Lipinski definition) is 1. The predicted octanol–water partition coefficient (Wildman–Crippen LogP) is 0.712. The number of aryl methyl sites for hydroxylation is 1. The Labute approximate surface area is 104 Å². The first-order valence-corrected chi connectivity index (χ1v) is 5.78. The van der Waals surface area contributed by atoms with E-state index in [0.29, 0.717) is 18.8 Å². The van der Waals surface area contributed by atoms with E-state index in [-0.39, 0.29) is 6.79 Å². The van der Waals surface area contributed by atoms with Crippen molar-refractivity contribution in [3.05, 3.63) is 24.0 Å². The lowest BCUT2D eigenvalue weighted by Gasteiger charge is -1.98. The Morgan fingerprint density at radius 3 is 3.00 bits per heavy atom. The van der Waals surface area contributed by atoms with Crippen molar-refractivity contribution in [1.29, 1.82) is 0 Å². The van der Waals surface area contributed by atoms with E-state index in [9.17, 15) is 0 Å². The molecule has 0 amide bonds. The van der Waals surface area contributed by atoms with Gasteiger partial charge in [0.25, 0.3) is 0 Å². The molecule has 18 heavy (non-hydrogen) atoms. The Hall–Kier alpha value is -2.08. The fraction of sp³-hybridized carbons (Fsp3) is 0.333. The number of fused-ring (bicyclic) bond motifs is 1. The average molecular weight is 246 g/mol.